The maximum atomic E-state index is 14.4. The van der Waals surface area contributed by atoms with Crippen molar-refractivity contribution in [3.8, 4) is 6.07 Å². The molecule has 224 valence electrons. The molecule has 3 aromatic carbocycles. The maximum Gasteiger partial charge on any atom is 0.303 e. The van der Waals surface area contributed by atoms with E-state index >= 15 is 0 Å². The number of carboxylic acid groups (broad SMARTS) is 1. The van der Waals surface area contributed by atoms with E-state index in [9.17, 15) is 19.6 Å². The van der Waals surface area contributed by atoms with Crippen LogP contribution < -0.4 is 5.32 Å². The van der Waals surface area contributed by atoms with Gasteiger partial charge < -0.3 is 20.1 Å². The van der Waals surface area contributed by atoms with Gasteiger partial charge in [0.05, 0.1) is 17.7 Å². The Morgan fingerprint density at radius 2 is 1.60 bits per heavy atom. The Labute approximate surface area is 261 Å². The molecule has 1 saturated heterocycles. The van der Waals surface area contributed by atoms with Gasteiger partial charge in [0.1, 0.15) is 18.2 Å². The summed E-state index contributed by atoms with van der Waals surface area (Å²) >= 11 is 12.4. The number of carbonyl (C=O) groups excluding carboxylic acids is 2. The molecule has 0 unspecified atom stereocenters. The number of hydrogen-bond acceptors (Lipinski definition) is 5. The summed E-state index contributed by atoms with van der Waals surface area (Å²) in [6.07, 6.45) is -0.137. The van der Waals surface area contributed by atoms with Gasteiger partial charge in [0.2, 0.25) is 5.91 Å². The van der Waals surface area contributed by atoms with Gasteiger partial charge in [-0.1, -0.05) is 72.9 Å². The second kappa shape index (κ2) is 15.0. The Morgan fingerprint density at radius 1 is 1.00 bits per heavy atom. The number of rotatable bonds is 12. The highest BCUT2D eigenvalue weighted by Crippen LogP contribution is 2.44. The van der Waals surface area contributed by atoms with Gasteiger partial charge in [-0.2, -0.15) is 5.26 Å². The third-order valence-corrected chi connectivity index (χ3v) is 7.91. The molecule has 8 nitrogen and oxygen atoms in total. The van der Waals surface area contributed by atoms with Crippen LogP contribution in [-0.2, 0) is 25.5 Å². The van der Waals surface area contributed by atoms with Crippen LogP contribution >= 0.6 is 23.2 Å². The summed E-state index contributed by atoms with van der Waals surface area (Å²) in [5, 5.41) is 22.2. The number of aliphatic carboxylic acids is 1. The second-order valence-corrected chi connectivity index (χ2v) is 11.3. The fraction of sp³-hybridized carbons (Fsp3) is 0.333. The van der Waals surface area contributed by atoms with Crippen molar-refractivity contribution in [2.24, 2.45) is 0 Å². The Balaban J connectivity index is 1.79. The predicted octanol–water partition coefficient (Wildman–Crippen LogP) is 6.27. The number of hydrogen-bond donors (Lipinski definition) is 2. The van der Waals surface area contributed by atoms with Crippen LogP contribution in [0.3, 0.4) is 0 Å². The number of carboxylic acids is 1. The average Bonchev–Trinajstić information content (AvgIpc) is 3.00. The lowest BCUT2D eigenvalue weighted by Crippen LogP contribution is -2.59. The monoisotopic (exact) mass is 621 g/mol. The zero-order valence-corrected chi connectivity index (χ0v) is 25.2. The van der Waals surface area contributed by atoms with E-state index in [-0.39, 0.29) is 37.6 Å². The molecule has 0 spiro atoms. The van der Waals surface area contributed by atoms with E-state index < -0.39 is 30.3 Å². The van der Waals surface area contributed by atoms with Crippen molar-refractivity contribution >= 4 is 41.0 Å². The smallest absolute Gasteiger partial charge is 0.303 e. The molecule has 2 amide bonds. The van der Waals surface area contributed by atoms with Gasteiger partial charge in [0, 0.05) is 29.4 Å². The van der Waals surface area contributed by atoms with Gasteiger partial charge >= 0.3 is 5.97 Å². The van der Waals surface area contributed by atoms with Crippen molar-refractivity contribution in [3.63, 3.8) is 0 Å². The quantitative estimate of drug-likeness (QED) is 0.230. The van der Waals surface area contributed by atoms with Crippen molar-refractivity contribution in [1.82, 2.24) is 10.2 Å². The molecule has 0 aromatic heterocycles. The molecule has 43 heavy (non-hydrogen) atoms. The highest BCUT2D eigenvalue weighted by molar-refractivity contribution is 6.30. The van der Waals surface area contributed by atoms with Crippen LogP contribution in [0.15, 0.2) is 72.8 Å². The number of halogens is 2. The molecule has 0 aliphatic carbocycles. The molecule has 1 aliphatic heterocycles. The summed E-state index contributed by atoms with van der Waals surface area (Å²) < 4.78 is 6.62. The number of amides is 2. The zero-order valence-electron chi connectivity index (χ0n) is 23.7. The van der Waals surface area contributed by atoms with E-state index in [0.717, 1.165) is 16.7 Å². The molecule has 1 heterocycles. The van der Waals surface area contributed by atoms with Crippen LogP contribution in [0, 0.1) is 11.3 Å². The van der Waals surface area contributed by atoms with E-state index in [1.807, 2.05) is 31.2 Å². The van der Waals surface area contributed by atoms with Crippen molar-refractivity contribution in [1.29, 1.82) is 5.26 Å². The first kappa shape index (κ1) is 32.0. The number of ether oxygens (including phenoxy) is 1. The van der Waals surface area contributed by atoms with E-state index in [4.69, 9.17) is 33.0 Å². The summed E-state index contributed by atoms with van der Waals surface area (Å²) in [7, 11) is 0. The van der Waals surface area contributed by atoms with E-state index in [0.29, 0.717) is 28.5 Å². The lowest BCUT2D eigenvalue weighted by Gasteiger charge is -2.47. The molecule has 0 bridgehead atoms. The van der Waals surface area contributed by atoms with Gasteiger partial charge in [-0.05, 0) is 65.9 Å². The molecule has 4 atom stereocenters. The molecule has 1 fully saturated rings. The number of benzene rings is 3. The van der Waals surface area contributed by atoms with Crippen molar-refractivity contribution in [2.75, 3.05) is 6.54 Å². The standard InChI is InChI=1S/C33H33Cl2N3O5/c1-2-4-27(32(41)37-18-3-5-29(39)40)38-30(23-10-14-25(34)15-11-23)31(24-12-16-26(35)17-13-24)43-28(33(38)42)19-21-6-8-22(20-36)9-7-21/h6-17,27-28,30-31H,2-5,18-19H2,1H3,(H,37,41)(H,39,40)/t27-,28+,30-,31+/m0/s1. The van der Waals surface area contributed by atoms with Gasteiger partial charge in [-0.15, -0.1) is 0 Å². The predicted molar refractivity (Wildman–Crippen MR) is 164 cm³/mol. The van der Waals surface area contributed by atoms with Crippen LogP contribution in [0.25, 0.3) is 0 Å². The fourth-order valence-electron chi connectivity index (χ4n) is 5.32. The summed E-state index contributed by atoms with van der Waals surface area (Å²) in [6.45, 7) is 2.11. The van der Waals surface area contributed by atoms with E-state index in [2.05, 4.69) is 11.4 Å². The number of nitrogens with zero attached hydrogens (tertiary/aromatic N) is 2. The minimum Gasteiger partial charge on any atom is -0.481 e. The largest absolute Gasteiger partial charge is 0.481 e. The normalized spacial score (nSPS) is 19.0. The van der Waals surface area contributed by atoms with E-state index in [1.54, 1.807) is 53.4 Å². The van der Waals surface area contributed by atoms with Crippen LogP contribution in [0.1, 0.15) is 67.0 Å². The van der Waals surface area contributed by atoms with Crippen molar-refractivity contribution in [3.05, 3.63) is 105 Å². The Morgan fingerprint density at radius 3 is 2.16 bits per heavy atom. The van der Waals surface area contributed by atoms with Crippen LogP contribution in [0.4, 0.5) is 0 Å². The molecular weight excluding hydrogens is 589 g/mol. The minimum absolute atomic E-state index is 0.0755. The summed E-state index contributed by atoms with van der Waals surface area (Å²) in [5.41, 5.74) is 2.84. The second-order valence-electron chi connectivity index (χ2n) is 10.4. The molecule has 10 heteroatoms. The summed E-state index contributed by atoms with van der Waals surface area (Å²) in [4.78, 5) is 40.8. The molecule has 3 aromatic rings. The number of nitrogens with one attached hydrogen (secondary N) is 1. The first-order valence-electron chi connectivity index (χ1n) is 14.2. The highest BCUT2D eigenvalue weighted by atomic mass is 35.5. The fourth-order valence-corrected chi connectivity index (χ4v) is 5.57. The maximum absolute atomic E-state index is 14.4. The first-order chi connectivity index (χ1) is 20.7. The third-order valence-electron chi connectivity index (χ3n) is 7.41. The minimum atomic E-state index is -0.943. The Bertz CT molecular complexity index is 1460. The zero-order chi connectivity index (χ0) is 30.9. The Hall–Kier alpha value is -3.90. The number of morpholine rings is 1. The topological polar surface area (TPSA) is 120 Å². The summed E-state index contributed by atoms with van der Waals surface area (Å²) in [6, 6.07) is 21.9. The first-order valence-corrected chi connectivity index (χ1v) is 14.9. The third kappa shape index (κ3) is 8.14. The lowest BCUT2D eigenvalue weighted by molar-refractivity contribution is -0.181. The van der Waals surface area contributed by atoms with Gasteiger partial charge in [0.25, 0.3) is 5.91 Å². The highest BCUT2D eigenvalue weighted by Gasteiger charge is 2.48. The van der Waals surface area contributed by atoms with Crippen molar-refractivity contribution < 1.29 is 24.2 Å². The van der Waals surface area contributed by atoms with Crippen molar-refractivity contribution in [2.45, 2.75) is 63.3 Å². The van der Waals surface area contributed by atoms with Crippen LogP contribution in [0.2, 0.25) is 10.0 Å². The Kier molecular flexibility index (Phi) is 11.2. The van der Waals surface area contributed by atoms with Gasteiger partial charge in [-0.3, -0.25) is 14.4 Å². The van der Waals surface area contributed by atoms with Crippen LogP contribution in [-0.4, -0.2) is 46.5 Å². The van der Waals surface area contributed by atoms with Gasteiger partial charge in [0.15, 0.2) is 0 Å². The molecule has 1 aliphatic rings. The van der Waals surface area contributed by atoms with Gasteiger partial charge in [-0.25, -0.2) is 0 Å². The molecule has 0 saturated carbocycles. The van der Waals surface area contributed by atoms with Crippen LogP contribution in [0.5, 0.6) is 0 Å². The molecule has 0 radical (unpaired) electrons. The molecular formula is C33H33Cl2N3O5. The SMILES string of the molecule is CCC[C@@H](C(=O)NCCCC(=O)O)N1C(=O)[C@@H](Cc2ccc(C#N)cc2)O[C@H](c2ccc(Cl)cc2)[C@@H]1c1ccc(Cl)cc1. The number of carbonyl (C=O) groups is 3. The average molecular weight is 623 g/mol. The molecule has 2 N–H and O–H groups in total. The number of nitriles is 1. The lowest BCUT2D eigenvalue weighted by atomic mass is 9.88. The summed E-state index contributed by atoms with van der Waals surface area (Å²) in [5.74, 6) is -1.64. The molecule has 4 rings (SSSR count). The van der Waals surface area contributed by atoms with E-state index in [1.165, 1.54) is 0 Å².